The van der Waals surface area contributed by atoms with Gasteiger partial charge in [0.2, 0.25) is 6.79 Å². The molecule has 7 nitrogen and oxygen atoms in total. The van der Waals surface area contributed by atoms with E-state index in [4.69, 9.17) is 18.9 Å². The number of benzene rings is 1. The fourth-order valence-electron chi connectivity index (χ4n) is 4.21. The second-order valence-electron chi connectivity index (χ2n) is 7.33. The Hall–Kier alpha value is -1.54. The first kappa shape index (κ1) is 17.9. The van der Waals surface area contributed by atoms with E-state index in [2.05, 4.69) is 9.80 Å². The van der Waals surface area contributed by atoms with Gasteiger partial charge >= 0.3 is 0 Å². The maximum Gasteiger partial charge on any atom is 0.231 e. The molecule has 0 spiro atoms. The van der Waals surface area contributed by atoms with Crippen LogP contribution in [0.2, 0.25) is 0 Å². The molecule has 1 aromatic rings. The Kier molecular flexibility index (Phi) is 5.49. The number of rotatable bonds is 6. The summed E-state index contributed by atoms with van der Waals surface area (Å²) < 4.78 is 21.9. The van der Waals surface area contributed by atoms with Crippen LogP contribution in [0.4, 0.5) is 0 Å². The minimum Gasteiger partial charge on any atom is -0.496 e. The molecule has 0 aromatic heterocycles. The quantitative estimate of drug-likeness (QED) is 0.801. The average molecular weight is 364 g/mol. The summed E-state index contributed by atoms with van der Waals surface area (Å²) in [6, 6.07) is 3.92. The monoisotopic (exact) mass is 364 g/mol. The number of aliphatic hydroxyl groups is 1. The summed E-state index contributed by atoms with van der Waals surface area (Å²) in [6.07, 6.45) is 0. The van der Waals surface area contributed by atoms with Gasteiger partial charge in [0, 0.05) is 57.5 Å². The number of methoxy groups -OCH3 is 1. The predicted octanol–water partition coefficient (Wildman–Crippen LogP) is 0.796. The summed E-state index contributed by atoms with van der Waals surface area (Å²) in [5, 5.41) is 9.85. The zero-order chi connectivity index (χ0) is 17.9. The van der Waals surface area contributed by atoms with Gasteiger partial charge in [-0.15, -0.1) is 0 Å². The number of ether oxygens (including phenoxy) is 4. The van der Waals surface area contributed by atoms with Crippen molar-refractivity contribution in [3.05, 3.63) is 17.7 Å². The van der Waals surface area contributed by atoms with Crippen LogP contribution >= 0.6 is 0 Å². The van der Waals surface area contributed by atoms with Crippen molar-refractivity contribution < 1.29 is 24.1 Å². The van der Waals surface area contributed by atoms with Crippen molar-refractivity contribution in [2.75, 3.05) is 66.4 Å². The molecule has 3 aliphatic rings. The Bertz CT molecular complexity index is 620. The highest BCUT2D eigenvalue weighted by Crippen LogP contribution is 2.39. The molecule has 0 radical (unpaired) electrons. The number of nitrogens with zero attached hydrogens (tertiary/aromatic N) is 2. The molecular formula is C19H28N2O5. The third kappa shape index (κ3) is 3.76. The van der Waals surface area contributed by atoms with Gasteiger partial charge in [0.05, 0.1) is 20.3 Å². The Morgan fingerprint density at radius 1 is 1.08 bits per heavy atom. The fraction of sp³-hybridized carbons (Fsp3) is 0.684. The lowest BCUT2D eigenvalue weighted by molar-refractivity contribution is 0.0264. The van der Waals surface area contributed by atoms with Gasteiger partial charge in [0.25, 0.3) is 0 Å². The molecule has 0 unspecified atom stereocenters. The molecule has 7 heteroatoms. The SMILES string of the molecule is COc1cc2c(cc1CN1C[C@@H](CN3CCOCC3)[C@@H](CO)C1)OCO2. The summed E-state index contributed by atoms with van der Waals surface area (Å²) in [4.78, 5) is 4.87. The highest BCUT2D eigenvalue weighted by molar-refractivity contribution is 5.51. The van der Waals surface area contributed by atoms with Crippen molar-refractivity contribution in [3.8, 4) is 17.2 Å². The average Bonchev–Trinajstić information content (AvgIpc) is 3.28. The Balaban J connectivity index is 1.42. The Morgan fingerprint density at radius 3 is 2.54 bits per heavy atom. The van der Waals surface area contributed by atoms with Crippen molar-refractivity contribution in [1.82, 2.24) is 9.80 Å². The molecule has 26 heavy (non-hydrogen) atoms. The van der Waals surface area contributed by atoms with E-state index in [1.165, 1.54) is 0 Å². The Morgan fingerprint density at radius 2 is 1.81 bits per heavy atom. The van der Waals surface area contributed by atoms with E-state index < -0.39 is 0 Å². The topological polar surface area (TPSA) is 63.6 Å². The Labute approximate surface area is 154 Å². The molecule has 3 aliphatic heterocycles. The van der Waals surface area contributed by atoms with Crippen LogP contribution in [0.3, 0.4) is 0 Å². The minimum atomic E-state index is 0.240. The number of aliphatic hydroxyl groups excluding tert-OH is 1. The molecule has 2 fully saturated rings. The van der Waals surface area contributed by atoms with Crippen molar-refractivity contribution >= 4 is 0 Å². The summed E-state index contributed by atoms with van der Waals surface area (Å²) in [6.45, 7) is 7.82. The lowest BCUT2D eigenvalue weighted by Crippen LogP contribution is -2.41. The smallest absolute Gasteiger partial charge is 0.231 e. The van der Waals surface area contributed by atoms with Crippen LogP contribution in [-0.2, 0) is 11.3 Å². The first-order valence-corrected chi connectivity index (χ1v) is 9.36. The first-order valence-electron chi connectivity index (χ1n) is 9.36. The molecular weight excluding hydrogens is 336 g/mol. The van der Waals surface area contributed by atoms with Gasteiger partial charge in [-0.25, -0.2) is 0 Å². The van der Waals surface area contributed by atoms with Crippen LogP contribution in [0.5, 0.6) is 17.2 Å². The zero-order valence-electron chi connectivity index (χ0n) is 15.4. The third-order valence-electron chi connectivity index (χ3n) is 5.65. The predicted molar refractivity (Wildman–Crippen MR) is 95.7 cm³/mol. The third-order valence-corrected chi connectivity index (χ3v) is 5.65. The summed E-state index contributed by atoms with van der Waals surface area (Å²) in [5.41, 5.74) is 1.10. The summed E-state index contributed by atoms with van der Waals surface area (Å²) >= 11 is 0. The van der Waals surface area contributed by atoms with E-state index in [9.17, 15) is 5.11 Å². The number of morpholine rings is 1. The highest BCUT2D eigenvalue weighted by atomic mass is 16.7. The second-order valence-corrected chi connectivity index (χ2v) is 7.33. The van der Waals surface area contributed by atoms with Crippen LogP contribution in [0.15, 0.2) is 12.1 Å². The normalized spacial score (nSPS) is 26.4. The molecule has 2 atom stereocenters. The van der Waals surface area contributed by atoms with Crippen LogP contribution < -0.4 is 14.2 Å². The van der Waals surface area contributed by atoms with Crippen molar-refractivity contribution in [3.63, 3.8) is 0 Å². The molecule has 1 N–H and O–H groups in total. The number of hydrogen-bond acceptors (Lipinski definition) is 7. The molecule has 0 saturated carbocycles. The van der Waals surface area contributed by atoms with Gasteiger partial charge in [0.1, 0.15) is 5.75 Å². The molecule has 1 aromatic carbocycles. The van der Waals surface area contributed by atoms with Crippen molar-refractivity contribution in [2.45, 2.75) is 6.54 Å². The number of fused-ring (bicyclic) bond motifs is 1. The molecule has 2 saturated heterocycles. The fourth-order valence-corrected chi connectivity index (χ4v) is 4.21. The lowest BCUT2D eigenvalue weighted by Gasteiger charge is -2.30. The largest absolute Gasteiger partial charge is 0.496 e. The van der Waals surface area contributed by atoms with Crippen LogP contribution in [-0.4, -0.2) is 81.4 Å². The van der Waals surface area contributed by atoms with Gasteiger partial charge in [-0.1, -0.05) is 0 Å². The van der Waals surface area contributed by atoms with Gasteiger partial charge in [-0.2, -0.15) is 0 Å². The lowest BCUT2D eigenvalue weighted by atomic mass is 9.96. The van der Waals surface area contributed by atoms with E-state index in [-0.39, 0.29) is 13.4 Å². The standard InChI is InChI=1S/C19H28N2O5/c1-23-17-7-19-18(25-13-26-19)6-14(17)8-21-10-15(16(11-21)12-22)9-20-2-4-24-5-3-20/h6-7,15-16,22H,2-5,8-13H2,1H3/t15-,16-/m1/s1. The molecule has 0 aliphatic carbocycles. The molecule has 0 amide bonds. The van der Waals surface area contributed by atoms with Gasteiger partial charge in [-0.3, -0.25) is 9.80 Å². The maximum atomic E-state index is 9.85. The first-order chi connectivity index (χ1) is 12.8. The maximum absolute atomic E-state index is 9.85. The van der Waals surface area contributed by atoms with Gasteiger partial charge in [0.15, 0.2) is 11.5 Å². The molecule has 144 valence electrons. The summed E-state index contributed by atoms with van der Waals surface area (Å²) in [5.74, 6) is 3.15. The van der Waals surface area contributed by atoms with E-state index >= 15 is 0 Å². The van der Waals surface area contributed by atoms with E-state index in [1.54, 1.807) is 7.11 Å². The summed E-state index contributed by atoms with van der Waals surface area (Å²) in [7, 11) is 1.68. The van der Waals surface area contributed by atoms with Crippen molar-refractivity contribution in [1.29, 1.82) is 0 Å². The number of likely N-dealkylation sites (tertiary alicyclic amines) is 1. The zero-order valence-corrected chi connectivity index (χ0v) is 15.4. The van der Waals surface area contributed by atoms with Crippen LogP contribution in [0.25, 0.3) is 0 Å². The van der Waals surface area contributed by atoms with Gasteiger partial charge in [-0.05, 0) is 17.9 Å². The minimum absolute atomic E-state index is 0.240. The number of hydrogen-bond donors (Lipinski definition) is 1. The molecule has 0 bridgehead atoms. The van der Waals surface area contributed by atoms with Crippen LogP contribution in [0, 0.1) is 11.8 Å². The van der Waals surface area contributed by atoms with Crippen molar-refractivity contribution in [2.24, 2.45) is 11.8 Å². The van der Waals surface area contributed by atoms with Gasteiger partial charge < -0.3 is 24.1 Å². The van der Waals surface area contributed by atoms with Crippen LogP contribution in [0.1, 0.15) is 5.56 Å². The highest BCUT2D eigenvalue weighted by Gasteiger charge is 2.34. The second kappa shape index (κ2) is 8.00. The van der Waals surface area contributed by atoms with E-state index in [0.29, 0.717) is 11.8 Å². The molecule has 4 rings (SSSR count). The van der Waals surface area contributed by atoms with E-state index in [1.807, 2.05) is 12.1 Å². The molecule has 3 heterocycles. The van der Waals surface area contributed by atoms with E-state index in [0.717, 1.165) is 75.3 Å².